The Bertz CT molecular complexity index is 1490. The summed E-state index contributed by atoms with van der Waals surface area (Å²) in [7, 11) is 0. The van der Waals surface area contributed by atoms with Gasteiger partial charge < -0.3 is 26.2 Å². The first-order chi connectivity index (χ1) is 20.1. The van der Waals surface area contributed by atoms with Crippen molar-refractivity contribution in [2.24, 2.45) is 46.2 Å². The number of phenolic OH excluding ortho intramolecular Hbond substituents is 1. The lowest BCUT2D eigenvalue weighted by Gasteiger charge is -2.71. The molecule has 0 aliphatic heterocycles. The van der Waals surface area contributed by atoms with Crippen molar-refractivity contribution in [3.63, 3.8) is 0 Å². The van der Waals surface area contributed by atoms with Crippen molar-refractivity contribution in [3.05, 3.63) is 65.2 Å². The molecule has 1 amide bonds. The number of carbonyl (C=O) groups excluding carboxylic acids is 4. The van der Waals surface area contributed by atoms with Gasteiger partial charge in [-0.1, -0.05) is 77.1 Å². The van der Waals surface area contributed by atoms with Crippen LogP contribution in [0.2, 0.25) is 0 Å². The van der Waals surface area contributed by atoms with Crippen molar-refractivity contribution in [2.75, 3.05) is 0 Å². The number of ketones is 3. The number of phenols is 1. The molecule has 0 bridgehead atoms. The molecule has 0 aromatic heterocycles. The van der Waals surface area contributed by atoms with Crippen molar-refractivity contribution in [2.45, 2.75) is 71.2 Å². The Labute approximate surface area is 251 Å². The molecule has 0 radical (unpaired) electrons. The molecule has 3 aliphatic carbocycles. The van der Waals surface area contributed by atoms with Gasteiger partial charge in [0.25, 0.3) is 0 Å². The van der Waals surface area contributed by atoms with Crippen LogP contribution in [0.3, 0.4) is 0 Å². The predicted molar refractivity (Wildman–Crippen MR) is 157 cm³/mol. The average Bonchev–Trinajstić information content (AvgIpc) is 2.92. The third kappa shape index (κ3) is 4.01. The molecule has 2 fully saturated rings. The number of aromatic hydroxyl groups is 1. The van der Waals surface area contributed by atoms with E-state index in [0.29, 0.717) is 5.56 Å². The van der Waals surface area contributed by atoms with Crippen LogP contribution in [0.1, 0.15) is 68.4 Å². The van der Waals surface area contributed by atoms with Crippen molar-refractivity contribution >= 4 is 23.3 Å². The lowest BCUT2D eigenvalue weighted by Crippen LogP contribution is -2.82. The maximum Gasteiger partial charge on any atom is 0.230 e. The van der Waals surface area contributed by atoms with Crippen LogP contribution in [0.4, 0.5) is 0 Å². The number of aliphatic hydroxyl groups is 3. The third-order valence-corrected chi connectivity index (χ3v) is 11.5. The second kappa shape index (κ2) is 10.4. The highest BCUT2D eigenvalue weighted by Crippen LogP contribution is 2.71. The smallest absolute Gasteiger partial charge is 0.230 e. The van der Waals surface area contributed by atoms with Crippen molar-refractivity contribution in [1.82, 2.24) is 0 Å². The number of aliphatic hydroxyl groups excluding tert-OH is 2. The van der Waals surface area contributed by atoms with Gasteiger partial charge in [-0.15, -0.1) is 0 Å². The second-order valence-corrected chi connectivity index (χ2v) is 13.6. The van der Waals surface area contributed by atoms with Gasteiger partial charge in [0.05, 0.1) is 17.6 Å². The molecule has 0 spiro atoms. The largest absolute Gasteiger partial charge is 0.507 e. The summed E-state index contributed by atoms with van der Waals surface area (Å²) < 4.78 is 0. The van der Waals surface area contributed by atoms with E-state index in [2.05, 4.69) is 0 Å². The number of carbonyl (C=O) groups is 4. The quantitative estimate of drug-likeness (QED) is 0.319. The molecule has 43 heavy (non-hydrogen) atoms. The van der Waals surface area contributed by atoms with Gasteiger partial charge in [0, 0.05) is 18.3 Å². The van der Waals surface area contributed by atoms with Crippen LogP contribution in [0.5, 0.6) is 5.75 Å². The van der Waals surface area contributed by atoms with E-state index in [1.807, 2.05) is 37.3 Å². The number of rotatable bonds is 6. The van der Waals surface area contributed by atoms with Gasteiger partial charge in [-0.25, -0.2) is 0 Å². The molecule has 9 nitrogen and oxygen atoms in total. The normalized spacial score (nSPS) is 38.7. The maximum absolute atomic E-state index is 14.3. The van der Waals surface area contributed by atoms with Crippen LogP contribution >= 0.6 is 0 Å². The summed E-state index contributed by atoms with van der Waals surface area (Å²) in [6.45, 7) is 8.79. The summed E-state index contributed by atoms with van der Waals surface area (Å²) in [5.74, 6) is -9.59. The van der Waals surface area contributed by atoms with Crippen LogP contribution in [-0.2, 0) is 20.8 Å². The molecule has 2 unspecified atom stereocenters. The van der Waals surface area contributed by atoms with Gasteiger partial charge in [-0.3, -0.25) is 19.2 Å². The SMILES string of the molecule is CC(C)[C@H]1C(O)[C@@H](C(N)=O)C(=O)[C@]2(O)C(O)[C@H]3C(=O)c4c(O)cccc4[C@@H](C)[C@]3(C)[C@@H](CC(=O)Cc3ccccc3)[C@]12C. The second-order valence-electron chi connectivity index (χ2n) is 13.6. The number of amides is 1. The Kier molecular flexibility index (Phi) is 7.47. The molecule has 9 heteroatoms. The van der Waals surface area contributed by atoms with Gasteiger partial charge in [0.1, 0.15) is 23.6 Å². The lowest BCUT2D eigenvalue weighted by molar-refractivity contribution is -0.292. The standard InChI is InChI=1S/C34H41NO8/c1-16(2)25-28(39)24(31(35)42)29(40)34(43)30(41)26-27(38)23-20(12-9-13-21(23)37)17(3)32(26,4)22(33(25,34)5)15-19(36)14-18-10-7-6-8-11-18/h6-13,16-17,22,24-26,28,30,37,39,41,43H,14-15H2,1-5H3,(H2,35,42)/t17-,22-,24-,25+,26-,28?,30?,32-,33-,34+/m1/s1. The van der Waals surface area contributed by atoms with E-state index in [1.165, 1.54) is 6.07 Å². The van der Waals surface area contributed by atoms with E-state index in [1.54, 1.807) is 39.8 Å². The van der Waals surface area contributed by atoms with Crippen LogP contribution in [0.25, 0.3) is 0 Å². The molecule has 2 aromatic rings. The molecule has 5 rings (SSSR count). The molecule has 6 N–H and O–H groups in total. The van der Waals surface area contributed by atoms with Crippen LogP contribution in [0.15, 0.2) is 48.5 Å². The molecule has 230 valence electrons. The highest BCUT2D eigenvalue weighted by molar-refractivity contribution is 6.09. The van der Waals surface area contributed by atoms with E-state index in [4.69, 9.17) is 5.73 Å². The number of fused-ring (bicyclic) bond motifs is 3. The molecule has 10 atom stereocenters. The van der Waals surface area contributed by atoms with Crippen LogP contribution in [-0.4, -0.2) is 61.5 Å². The fourth-order valence-corrected chi connectivity index (χ4v) is 9.49. The van der Waals surface area contributed by atoms with E-state index in [9.17, 15) is 39.6 Å². The summed E-state index contributed by atoms with van der Waals surface area (Å²) in [5, 5.41) is 47.2. The average molecular weight is 592 g/mol. The number of primary amides is 1. The first-order valence-electron chi connectivity index (χ1n) is 14.9. The molecule has 0 saturated heterocycles. The summed E-state index contributed by atoms with van der Waals surface area (Å²) in [6.07, 6.45) is -3.74. The Hall–Kier alpha value is -3.40. The molecular weight excluding hydrogens is 550 g/mol. The minimum Gasteiger partial charge on any atom is -0.507 e. The molecular formula is C34H41NO8. The lowest BCUT2D eigenvalue weighted by atomic mass is 9.33. The minimum atomic E-state index is -2.72. The summed E-state index contributed by atoms with van der Waals surface area (Å²) in [5.41, 5.74) is 1.27. The van der Waals surface area contributed by atoms with Crippen molar-refractivity contribution in [3.8, 4) is 5.75 Å². The monoisotopic (exact) mass is 591 g/mol. The Morgan fingerprint density at radius 2 is 1.63 bits per heavy atom. The number of nitrogens with two attached hydrogens (primary N) is 1. The fraction of sp³-hybridized carbons (Fsp3) is 0.529. The molecule has 0 heterocycles. The Morgan fingerprint density at radius 3 is 2.21 bits per heavy atom. The fourth-order valence-electron chi connectivity index (χ4n) is 9.49. The maximum atomic E-state index is 14.3. The number of hydrogen-bond donors (Lipinski definition) is 5. The molecule has 2 saturated carbocycles. The zero-order chi connectivity index (χ0) is 31.8. The number of hydrogen-bond acceptors (Lipinski definition) is 8. The van der Waals surface area contributed by atoms with Crippen molar-refractivity contribution in [1.29, 1.82) is 0 Å². The van der Waals surface area contributed by atoms with Gasteiger partial charge in [-0.05, 0) is 46.3 Å². The molecule has 2 aromatic carbocycles. The van der Waals surface area contributed by atoms with Crippen LogP contribution in [0, 0.1) is 40.4 Å². The number of benzene rings is 2. The van der Waals surface area contributed by atoms with Gasteiger partial charge in [0.2, 0.25) is 5.91 Å². The zero-order valence-corrected chi connectivity index (χ0v) is 25.2. The van der Waals surface area contributed by atoms with Crippen molar-refractivity contribution < 1.29 is 39.6 Å². The highest BCUT2D eigenvalue weighted by atomic mass is 16.4. The topological polar surface area (TPSA) is 175 Å². The number of Topliss-reactive ketones (excluding diaryl/α,β-unsaturated/α-hetero) is 3. The van der Waals surface area contributed by atoms with E-state index < -0.39 is 81.6 Å². The Balaban J connectivity index is 1.80. The first-order valence-corrected chi connectivity index (χ1v) is 14.9. The van der Waals surface area contributed by atoms with Crippen LogP contribution < -0.4 is 5.73 Å². The van der Waals surface area contributed by atoms with Gasteiger partial charge in [-0.2, -0.15) is 0 Å². The summed E-state index contributed by atoms with van der Waals surface area (Å²) >= 11 is 0. The third-order valence-electron chi connectivity index (χ3n) is 11.5. The predicted octanol–water partition coefficient (Wildman–Crippen LogP) is 2.56. The first kappa shape index (κ1) is 31.0. The molecule has 3 aliphatic rings. The minimum absolute atomic E-state index is 0.00626. The summed E-state index contributed by atoms with van der Waals surface area (Å²) in [6, 6.07) is 13.8. The summed E-state index contributed by atoms with van der Waals surface area (Å²) in [4.78, 5) is 55.0. The highest BCUT2D eigenvalue weighted by Gasteiger charge is 2.80. The van der Waals surface area contributed by atoms with E-state index in [0.717, 1.165) is 5.56 Å². The Morgan fingerprint density at radius 1 is 1.00 bits per heavy atom. The van der Waals surface area contributed by atoms with E-state index >= 15 is 0 Å². The zero-order valence-electron chi connectivity index (χ0n) is 25.2. The van der Waals surface area contributed by atoms with Gasteiger partial charge in [0.15, 0.2) is 17.2 Å². The van der Waals surface area contributed by atoms with Gasteiger partial charge >= 0.3 is 0 Å². The van der Waals surface area contributed by atoms with E-state index in [-0.39, 0.29) is 29.9 Å².